The second-order valence-electron chi connectivity index (χ2n) is 6.79. The highest BCUT2D eigenvalue weighted by molar-refractivity contribution is 7.10. The number of benzene rings is 1. The number of pyridine rings is 1. The second-order valence-corrected chi connectivity index (χ2v) is 7.90. The monoisotopic (exact) mass is 362 g/mol. The number of carbonyl (C=O) groups is 1. The number of aryl methyl sites for hydroxylation is 1. The van der Waals surface area contributed by atoms with Gasteiger partial charge in [-0.15, -0.1) is 11.3 Å². The zero-order valence-corrected chi connectivity index (χ0v) is 15.7. The van der Waals surface area contributed by atoms with E-state index in [9.17, 15) is 4.79 Å². The highest BCUT2D eigenvalue weighted by Gasteiger charge is 2.29. The van der Waals surface area contributed by atoms with Gasteiger partial charge in [0.15, 0.2) is 0 Å². The molecule has 1 fully saturated rings. The number of rotatable bonds is 3. The Balaban J connectivity index is 1.57. The second kappa shape index (κ2) is 7.42. The molecule has 0 N–H and O–H groups in total. The first-order valence-electron chi connectivity index (χ1n) is 9.10. The molecule has 0 radical (unpaired) electrons. The molecule has 4 heteroatoms. The first-order chi connectivity index (χ1) is 12.7. The Labute approximate surface area is 158 Å². The number of carbonyl (C=O) groups excluding carboxylic acids is 1. The van der Waals surface area contributed by atoms with Gasteiger partial charge in [0.25, 0.3) is 5.91 Å². The molecule has 1 unspecified atom stereocenters. The summed E-state index contributed by atoms with van der Waals surface area (Å²) in [6, 6.07) is 16.2. The molecule has 132 valence electrons. The molecular weight excluding hydrogens is 340 g/mol. The molecule has 1 aliphatic heterocycles. The van der Waals surface area contributed by atoms with Crippen LogP contribution in [0, 0.1) is 6.92 Å². The van der Waals surface area contributed by atoms with Crippen LogP contribution in [0.5, 0.6) is 0 Å². The van der Waals surface area contributed by atoms with Gasteiger partial charge in [-0.2, -0.15) is 0 Å². The Hall–Kier alpha value is -2.46. The third kappa shape index (κ3) is 3.42. The van der Waals surface area contributed by atoms with Gasteiger partial charge in [0.1, 0.15) is 0 Å². The van der Waals surface area contributed by atoms with E-state index in [0.29, 0.717) is 0 Å². The lowest BCUT2D eigenvalue weighted by molar-refractivity contribution is 0.0606. The van der Waals surface area contributed by atoms with Crippen LogP contribution in [0.25, 0.3) is 11.1 Å². The molecule has 4 rings (SSSR count). The number of nitrogens with zero attached hydrogens (tertiary/aromatic N) is 2. The van der Waals surface area contributed by atoms with Gasteiger partial charge in [-0.05, 0) is 73.0 Å². The van der Waals surface area contributed by atoms with Crippen LogP contribution in [0.4, 0.5) is 0 Å². The van der Waals surface area contributed by atoms with Crippen molar-refractivity contribution in [3.05, 3.63) is 76.2 Å². The molecule has 1 atom stereocenters. The molecule has 1 amide bonds. The fraction of sp³-hybridized carbons (Fsp3) is 0.273. The largest absolute Gasteiger partial charge is 0.330 e. The van der Waals surface area contributed by atoms with Crippen molar-refractivity contribution in [1.82, 2.24) is 9.88 Å². The van der Waals surface area contributed by atoms with E-state index in [0.717, 1.165) is 42.6 Å². The first kappa shape index (κ1) is 17.0. The maximum Gasteiger partial charge on any atom is 0.254 e. The van der Waals surface area contributed by atoms with Crippen LogP contribution in [0.15, 0.2) is 60.1 Å². The van der Waals surface area contributed by atoms with Crippen molar-refractivity contribution in [2.24, 2.45) is 0 Å². The van der Waals surface area contributed by atoms with Gasteiger partial charge in [-0.25, -0.2) is 0 Å². The van der Waals surface area contributed by atoms with Crippen molar-refractivity contribution < 1.29 is 4.79 Å². The maximum absolute atomic E-state index is 13.1. The first-order valence-corrected chi connectivity index (χ1v) is 9.98. The normalized spacial score (nSPS) is 17.3. The topological polar surface area (TPSA) is 33.2 Å². The van der Waals surface area contributed by atoms with Crippen molar-refractivity contribution in [3.63, 3.8) is 0 Å². The SMILES string of the molecule is Cc1cc(-c2ccc(C(=O)N3CCCCC3c3ccccn3)cc2)cs1. The minimum Gasteiger partial charge on any atom is -0.330 e. The zero-order chi connectivity index (χ0) is 17.9. The highest BCUT2D eigenvalue weighted by Crippen LogP contribution is 2.31. The molecule has 0 bridgehead atoms. The molecular formula is C22H22N2OS. The van der Waals surface area contributed by atoms with Gasteiger partial charge in [0.2, 0.25) is 0 Å². The number of likely N-dealkylation sites (tertiary alicyclic amines) is 1. The summed E-state index contributed by atoms with van der Waals surface area (Å²) in [5, 5.41) is 2.16. The highest BCUT2D eigenvalue weighted by atomic mass is 32.1. The van der Waals surface area contributed by atoms with Gasteiger partial charge >= 0.3 is 0 Å². The predicted octanol–water partition coefficient (Wildman–Crippen LogP) is 5.49. The van der Waals surface area contributed by atoms with Crippen molar-refractivity contribution in [2.75, 3.05) is 6.54 Å². The van der Waals surface area contributed by atoms with Crippen LogP contribution in [-0.2, 0) is 0 Å². The lowest BCUT2D eigenvalue weighted by Gasteiger charge is -2.35. The lowest BCUT2D eigenvalue weighted by Crippen LogP contribution is -2.38. The van der Waals surface area contributed by atoms with E-state index >= 15 is 0 Å². The summed E-state index contributed by atoms with van der Waals surface area (Å²) >= 11 is 1.75. The van der Waals surface area contributed by atoms with Crippen molar-refractivity contribution in [2.45, 2.75) is 32.2 Å². The standard InChI is InChI=1S/C22H22N2OS/c1-16-14-19(15-26-16)17-8-10-18(11-9-17)22(25)24-13-5-3-7-21(24)20-6-2-4-12-23-20/h2,4,6,8-12,14-15,21H,3,5,7,13H2,1H3. The van der Waals surface area contributed by atoms with Gasteiger partial charge in [0, 0.05) is 23.2 Å². The van der Waals surface area contributed by atoms with E-state index in [1.807, 2.05) is 41.4 Å². The molecule has 3 nitrogen and oxygen atoms in total. The number of thiophene rings is 1. The van der Waals surface area contributed by atoms with E-state index in [4.69, 9.17) is 0 Å². The predicted molar refractivity (Wildman–Crippen MR) is 106 cm³/mol. The number of aromatic nitrogens is 1. The van der Waals surface area contributed by atoms with Crippen molar-refractivity contribution in [3.8, 4) is 11.1 Å². The Bertz CT molecular complexity index is 886. The number of hydrogen-bond acceptors (Lipinski definition) is 3. The molecule has 0 saturated carbocycles. The maximum atomic E-state index is 13.1. The van der Waals surface area contributed by atoms with Crippen LogP contribution in [-0.4, -0.2) is 22.3 Å². The van der Waals surface area contributed by atoms with E-state index in [-0.39, 0.29) is 11.9 Å². The van der Waals surface area contributed by atoms with Gasteiger partial charge in [0.05, 0.1) is 11.7 Å². The number of hydrogen-bond donors (Lipinski definition) is 0. The van der Waals surface area contributed by atoms with Crippen LogP contribution in [0.2, 0.25) is 0 Å². The van der Waals surface area contributed by atoms with Crippen molar-refractivity contribution in [1.29, 1.82) is 0 Å². The molecule has 0 spiro atoms. The quantitative estimate of drug-likeness (QED) is 0.617. The summed E-state index contributed by atoms with van der Waals surface area (Å²) in [4.78, 5) is 20.9. The van der Waals surface area contributed by atoms with Crippen LogP contribution in [0.1, 0.15) is 46.2 Å². The molecule has 1 aliphatic rings. The molecule has 3 aromatic rings. The number of piperidine rings is 1. The van der Waals surface area contributed by atoms with E-state index < -0.39 is 0 Å². The Morgan fingerprint density at radius 1 is 1.12 bits per heavy atom. The summed E-state index contributed by atoms with van der Waals surface area (Å²) in [6.45, 7) is 2.91. The lowest BCUT2D eigenvalue weighted by atomic mass is 9.97. The van der Waals surface area contributed by atoms with Crippen LogP contribution < -0.4 is 0 Å². The molecule has 1 aromatic carbocycles. The van der Waals surface area contributed by atoms with Gasteiger partial charge < -0.3 is 4.90 Å². The summed E-state index contributed by atoms with van der Waals surface area (Å²) in [5.41, 5.74) is 4.12. The van der Waals surface area contributed by atoms with Crippen molar-refractivity contribution >= 4 is 17.2 Å². The van der Waals surface area contributed by atoms with Gasteiger partial charge in [-0.3, -0.25) is 9.78 Å². The molecule has 0 aliphatic carbocycles. The summed E-state index contributed by atoms with van der Waals surface area (Å²) in [5.74, 6) is 0.105. The minimum atomic E-state index is 0.0802. The van der Waals surface area contributed by atoms with E-state index in [1.54, 1.807) is 11.3 Å². The molecule has 26 heavy (non-hydrogen) atoms. The smallest absolute Gasteiger partial charge is 0.254 e. The van der Waals surface area contributed by atoms with Crippen LogP contribution >= 0.6 is 11.3 Å². The summed E-state index contributed by atoms with van der Waals surface area (Å²) in [7, 11) is 0. The molecule has 2 aromatic heterocycles. The van der Waals surface area contributed by atoms with Gasteiger partial charge in [-0.1, -0.05) is 18.2 Å². The van der Waals surface area contributed by atoms with E-state index in [2.05, 4.69) is 35.5 Å². The zero-order valence-electron chi connectivity index (χ0n) is 14.9. The van der Waals surface area contributed by atoms with Crippen LogP contribution in [0.3, 0.4) is 0 Å². The summed E-state index contributed by atoms with van der Waals surface area (Å²) in [6.07, 6.45) is 4.99. The Morgan fingerprint density at radius 2 is 1.96 bits per heavy atom. The molecule has 1 saturated heterocycles. The average molecular weight is 362 g/mol. The fourth-order valence-electron chi connectivity index (χ4n) is 3.62. The fourth-order valence-corrected chi connectivity index (χ4v) is 4.33. The Morgan fingerprint density at radius 3 is 2.65 bits per heavy atom. The molecule has 3 heterocycles. The average Bonchev–Trinajstić information content (AvgIpc) is 3.14. The van der Waals surface area contributed by atoms with E-state index in [1.165, 1.54) is 10.4 Å². The third-order valence-corrected chi connectivity index (χ3v) is 5.85. The summed E-state index contributed by atoms with van der Waals surface area (Å²) < 4.78 is 0. The third-order valence-electron chi connectivity index (χ3n) is 4.99. The number of amides is 1. The Kier molecular flexibility index (Phi) is 4.85. The minimum absolute atomic E-state index is 0.0802.